The smallest absolute Gasteiger partial charge is 0.256 e. The predicted octanol–water partition coefficient (Wildman–Crippen LogP) is 3.31. The molecule has 0 unspecified atom stereocenters. The fourth-order valence-corrected chi connectivity index (χ4v) is 4.58. The maximum Gasteiger partial charge on any atom is 0.256 e. The second-order valence-electron chi connectivity index (χ2n) is 6.54. The molecule has 2 amide bonds. The molecule has 9 heteroatoms. The third-order valence-corrected chi connectivity index (χ3v) is 5.66. The molecule has 0 aliphatic carbocycles. The Bertz CT molecular complexity index is 900. The lowest BCUT2D eigenvalue weighted by Gasteiger charge is -2.22. The zero-order chi connectivity index (χ0) is 20.3. The normalized spacial score (nSPS) is 13.2. The second kappa shape index (κ2) is 9.96. The van der Waals surface area contributed by atoms with E-state index in [1.165, 1.54) is 11.3 Å². The van der Waals surface area contributed by atoms with Crippen LogP contribution < -0.4 is 20.5 Å². The van der Waals surface area contributed by atoms with Gasteiger partial charge in [-0.15, -0.1) is 23.7 Å². The molecule has 3 N–H and O–H groups in total. The first-order valence-electron chi connectivity index (χ1n) is 9.28. The van der Waals surface area contributed by atoms with Crippen LogP contribution in [-0.2, 0) is 13.0 Å². The minimum atomic E-state index is -0.515. The molecular formula is C20H26ClN3O4S. The fourth-order valence-electron chi connectivity index (χ4n) is 3.25. The lowest BCUT2D eigenvalue weighted by atomic mass is 10.0. The first-order chi connectivity index (χ1) is 13.4. The molecule has 1 aliphatic rings. The van der Waals surface area contributed by atoms with E-state index in [4.69, 9.17) is 15.2 Å². The van der Waals surface area contributed by atoms with Crippen molar-refractivity contribution in [3.63, 3.8) is 0 Å². The number of amides is 2. The van der Waals surface area contributed by atoms with E-state index in [9.17, 15) is 9.59 Å². The number of rotatable bonds is 7. The number of fused-ring (bicyclic) bond motifs is 1. The van der Waals surface area contributed by atoms with Gasteiger partial charge >= 0.3 is 0 Å². The van der Waals surface area contributed by atoms with Crippen LogP contribution in [0.1, 0.15) is 45.0 Å². The zero-order valence-corrected chi connectivity index (χ0v) is 18.4. The number of ether oxygens (including phenoxy) is 2. The molecule has 0 fully saturated rings. The van der Waals surface area contributed by atoms with Gasteiger partial charge in [0.15, 0.2) is 11.5 Å². The minimum Gasteiger partial charge on any atom is -0.490 e. The molecule has 29 heavy (non-hydrogen) atoms. The van der Waals surface area contributed by atoms with E-state index < -0.39 is 5.91 Å². The van der Waals surface area contributed by atoms with Crippen molar-refractivity contribution in [3.05, 3.63) is 39.8 Å². The summed E-state index contributed by atoms with van der Waals surface area (Å²) in [7, 11) is 2.03. The summed E-state index contributed by atoms with van der Waals surface area (Å²) in [6.07, 6.45) is 0.744. The van der Waals surface area contributed by atoms with Crippen LogP contribution in [-0.4, -0.2) is 43.5 Å². The summed E-state index contributed by atoms with van der Waals surface area (Å²) in [6, 6.07) is 5.04. The lowest BCUT2D eigenvalue weighted by molar-refractivity contribution is 0.1000. The first kappa shape index (κ1) is 23.0. The molecule has 0 radical (unpaired) electrons. The van der Waals surface area contributed by atoms with Crippen molar-refractivity contribution >= 4 is 40.6 Å². The van der Waals surface area contributed by atoms with Crippen LogP contribution in [0.4, 0.5) is 5.00 Å². The Morgan fingerprint density at radius 3 is 2.55 bits per heavy atom. The Morgan fingerprint density at radius 2 is 1.90 bits per heavy atom. The van der Waals surface area contributed by atoms with Crippen molar-refractivity contribution in [1.29, 1.82) is 0 Å². The third kappa shape index (κ3) is 5.01. The average Bonchev–Trinajstić information content (AvgIpc) is 3.00. The number of nitrogens with zero attached hydrogens (tertiary/aromatic N) is 1. The largest absolute Gasteiger partial charge is 0.490 e. The number of carbonyl (C=O) groups is 2. The summed E-state index contributed by atoms with van der Waals surface area (Å²) >= 11 is 1.41. The molecular weight excluding hydrogens is 414 g/mol. The van der Waals surface area contributed by atoms with E-state index in [1.807, 2.05) is 20.9 Å². The van der Waals surface area contributed by atoms with E-state index in [0.29, 0.717) is 40.8 Å². The Labute approximate surface area is 180 Å². The number of primary amides is 1. The number of nitrogens with one attached hydrogen (secondary N) is 1. The van der Waals surface area contributed by atoms with Gasteiger partial charge in [0.25, 0.3) is 11.8 Å². The highest BCUT2D eigenvalue weighted by Gasteiger charge is 2.27. The van der Waals surface area contributed by atoms with Gasteiger partial charge in [0.1, 0.15) is 5.00 Å². The van der Waals surface area contributed by atoms with Gasteiger partial charge in [-0.3, -0.25) is 9.59 Å². The number of halogens is 1. The summed E-state index contributed by atoms with van der Waals surface area (Å²) in [4.78, 5) is 28.1. The van der Waals surface area contributed by atoms with Crippen LogP contribution in [0.2, 0.25) is 0 Å². The van der Waals surface area contributed by atoms with Crippen molar-refractivity contribution in [1.82, 2.24) is 4.90 Å². The maximum absolute atomic E-state index is 12.8. The molecule has 0 saturated heterocycles. The molecule has 2 heterocycles. The molecule has 1 aromatic carbocycles. The van der Waals surface area contributed by atoms with Crippen LogP contribution in [0.5, 0.6) is 11.5 Å². The average molecular weight is 440 g/mol. The molecule has 2 aromatic rings. The monoisotopic (exact) mass is 439 g/mol. The molecule has 7 nitrogen and oxygen atoms in total. The lowest BCUT2D eigenvalue weighted by Crippen LogP contribution is -2.27. The molecule has 1 aliphatic heterocycles. The molecule has 0 atom stereocenters. The Kier molecular flexibility index (Phi) is 7.89. The van der Waals surface area contributed by atoms with Crippen molar-refractivity contribution < 1.29 is 19.1 Å². The molecule has 3 rings (SSSR count). The van der Waals surface area contributed by atoms with Crippen LogP contribution in [0.3, 0.4) is 0 Å². The third-order valence-electron chi connectivity index (χ3n) is 4.53. The van der Waals surface area contributed by atoms with Gasteiger partial charge in [0.05, 0.1) is 18.8 Å². The molecule has 0 bridgehead atoms. The predicted molar refractivity (Wildman–Crippen MR) is 117 cm³/mol. The molecule has 158 valence electrons. The number of hydrogen-bond acceptors (Lipinski definition) is 6. The van der Waals surface area contributed by atoms with Crippen molar-refractivity contribution in [2.24, 2.45) is 5.73 Å². The summed E-state index contributed by atoms with van der Waals surface area (Å²) < 4.78 is 11.1. The van der Waals surface area contributed by atoms with Gasteiger partial charge in [0.2, 0.25) is 0 Å². The number of nitrogens with two attached hydrogens (primary N) is 1. The van der Waals surface area contributed by atoms with E-state index in [2.05, 4.69) is 10.2 Å². The zero-order valence-electron chi connectivity index (χ0n) is 16.7. The van der Waals surface area contributed by atoms with Gasteiger partial charge in [-0.2, -0.15) is 0 Å². The number of hydrogen-bond donors (Lipinski definition) is 2. The Balaban J connectivity index is 0.00000300. The highest BCUT2D eigenvalue weighted by atomic mass is 35.5. The molecule has 1 aromatic heterocycles. The van der Waals surface area contributed by atoms with Gasteiger partial charge < -0.3 is 25.4 Å². The first-order valence-corrected chi connectivity index (χ1v) is 10.1. The molecule has 0 spiro atoms. The molecule has 0 saturated carbocycles. The SMILES string of the molecule is CCOc1ccc(C(=O)Nc2sc3c(c2C(N)=O)CCN(C)C3)cc1OCC.Cl. The van der Waals surface area contributed by atoms with Gasteiger partial charge in [-0.05, 0) is 51.1 Å². The number of anilines is 1. The van der Waals surface area contributed by atoms with Crippen LogP contribution in [0, 0.1) is 0 Å². The van der Waals surface area contributed by atoms with Gasteiger partial charge in [-0.1, -0.05) is 0 Å². The minimum absolute atomic E-state index is 0. The highest BCUT2D eigenvalue weighted by molar-refractivity contribution is 7.17. The van der Waals surface area contributed by atoms with Gasteiger partial charge in [0, 0.05) is 23.5 Å². The van der Waals surface area contributed by atoms with Crippen molar-refractivity contribution in [3.8, 4) is 11.5 Å². The van der Waals surface area contributed by atoms with Crippen LogP contribution in [0.25, 0.3) is 0 Å². The van der Waals surface area contributed by atoms with E-state index in [-0.39, 0.29) is 18.3 Å². The van der Waals surface area contributed by atoms with Crippen molar-refractivity contribution in [2.45, 2.75) is 26.8 Å². The second-order valence-corrected chi connectivity index (χ2v) is 7.65. The summed E-state index contributed by atoms with van der Waals surface area (Å²) in [6.45, 7) is 6.32. The summed E-state index contributed by atoms with van der Waals surface area (Å²) in [5, 5.41) is 3.37. The maximum atomic E-state index is 12.8. The number of carbonyl (C=O) groups excluding carboxylic acids is 2. The van der Waals surface area contributed by atoms with E-state index in [1.54, 1.807) is 18.2 Å². The Hall–Kier alpha value is -2.29. The van der Waals surface area contributed by atoms with E-state index >= 15 is 0 Å². The number of thiophene rings is 1. The van der Waals surface area contributed by atoms with Gasteiger partial charge in [-0.25, -0.2) is 0 Å². The van der Waals surface area contributed by atoms with Crippen LogP contribution in [0.15, 0.2) is 18.2 Å². The fraction of sp³-hybridized carbons (Fsp3) is 0.400. The summed E-state index contributed by atoms with van der Waals surface area (Å²) in [5.74, 6) is 0.269. The summed E-state index contributed by atoms with van der Waals surface area (Å²) in [5.41, 5.74) is 7.42. The van der Waals surface area contributed by atoms with Crippen molar-refractivity contribution in [2.75, 3.05) is 32.1 Å². The Morgan fingerprint density at radius 1 is 1.21 bits per heavy atom. The standard InChI is InChI=1S/C20H25N3O4S.ClH/c1-4-26-14-7-6-12(10-15(14)27-5-2)19(25)22-20-17(18(21)24)13-8-9-23(3)11-16(13)28-20;/h6-7,10H,4-5,8-9,11H2,1-3H3,(H2,21,24)(H,22,25);1H. The topological polar surface area (TPSA) is 93.9 Å². The highest BCUT2D eigenvalue weighted by Crippen LogP contribution is 2.37. The van der Waals surface area contributed by atoms with E-state index in [0.717, 1.165) is 30.0 Å². The van der Waals surface area contributed by atoms with Crippen LogP contribution >= 0.6 is 23.7 Å². The number of likely N-dealkylation sites (N-methyl/N-ethyl adjacent to an activating group) is 1. The quantitative estimate of drug-likeness (QED) is 0.690. The number of benzene rings is 1.